The molecule has 180 valence electrons. The number of ether oxygens (including phenoxy) is 1. The van der Waals surface area contributed by atoms with E-state index in [1.807, 2.05) is 36.4 Å². The molecule has 4 aromatic rings. The van der Waals surface area contributed by atoms with Crippen LogP contribution in [-0.4, -0.2) is 58.7 Å². The van der Waals surface area contributed by atoms with Gasteiger partial charge in [0.25, 0.3) is 0 Å². The van der Waals surface area contributed by atoms with Crippen molar-refractivity contribution in [2.75, 3.05) is 37.7 Å². The number of allylic oxidation sites excluding steroid dienone is 1. The molecular formula is C29H27N5O2. The van der Waals surface area contributed by atoms with Crippen LogP contribution in [0.3, 0.4) is 0 Å². The maximum Gasteiger partial charge on any atom is 0.141 e. The topological polar surface area (TPSA) is 72.1 Å². The Labute approximate surface area is 209 Å². The van der Waals surface area contributed by atoms with Gasteiger partial charge in [-0.1, -0.05) is 30.3 Å². The van der Waals surface area contributed by atoms with Gasteiger partial charge in [-0.05, 0) is 41.5 Å². The number of benzene rings is 1. The van der Waals surface area contributed by atoms with E-state index < -0.39 is 0 Å². The number of rotatable bonds is 7. The second-order valence-corrected chi connectivity index (χ2v) is 9.17. The molecule has 0 saturated carbocycles. The zero-order valence-electron chi connectivity index (χ0n) is 20.0. The number of aromatic nitrogens is 3. The SMILES string of the molecule is O=C(CC1=CC(c2ccncc2)=NC1)Cc1ccc(-c2cn3c(N4CCOCC4)cccc3n2)cc1. The van der Waals surface area contributed by atoms with Crippen molar-refractivity contribution in [1.82, 2.24) is 14.4 Å². The average molecular weight is 478 g/mol. The van der Waals surface area contributed by atoms with Gasteiger partial charge in [0.2, 0.25) is 0 Å². The molecule has 2 aliphatic heterocycles. The lowest BCUT2D eigenvalue weighted by Crippen LogP contribution is -2.37. The molecule has 3 aromatic heterocycles. The number of morpholine rings is 1. The number of imidazole rings is 1. The Morgan fingerprint density at radius 1 is 0.917 bits per heavy atom. The summed E-state index contributed by atoms with van der Waals surface area (Å²) in [5.74, 6) is 1.33. The fraction of sp³-hybridized carbons (Fsp3) is 0.241. The molecule has 7 heteroatoms. The van der Waals surface area contributed by atoms with Crippen molar-refractivity contribution >= 4 is 23.0 Å². The monoisotopic (exact) mass is 477 g/mol. The van der Waals surface area contributed by atoms with Crippen LogP contribution in [0, 0.1) is 0 Å². The molecule has 36 heavy (non-hydrogen) atoms. The van der Waals surface area contributed by atoms with Crippen LogP contribution in [0.5, 0.6) is 0 Å². The molecule has 0 aliphatic carbocycles. The third-order valence-electron chi connectivity index (χ3n) is 6.65. The van der Waals surface area contributed by atoms with E-state index in [0.29, 0.717) is 19.4 Å². The minimum atomic E-state index is 0.197. The Bertz CT molecular complexity index is 1450. The standard InChI is InChI=1S/C29H27N5O2/c35-25(17-22-18-26(31-19-22)24-8-10-30-11-9-24)16-21-4-6-23(7-5-21)27-20-34-28(32-27)2-1-3-29(34)33-12-14-36-15-13-33/h1-11,18,20H,12-17,19H2. The molecule has 0 bridgehead atoms. The van der Waals surface area contributed by atoms with Gasteiger partial charge in [0.15, 0.2) is 0 Å². The summed E-state index contributed by atoms with van der Waals surface area (Å²) in [5, 5.41) is 0. The summed E-state index contributed by atoms with van der Waals surface area (Å²) < 4.78 is 7.65. The van der Waals surface area contributed by atoms with Crippen LogP contribution in [-0.2, 0) is 16.0 Å². The molecule has 0 spiro atoms. The largest absolute Gasteiger partial charge is 0.378 e. The maximum atomic E-state index is 12.7. The van der Waals surface area contributed by atoms with Gasteiger partial charge in [-0.15, -0.1) is 0 Å². The van der Waals surface area contributed by atoms with E-state index in [0.717, 1.165) is 71.4 Å². The molecule has 0 N–H and O–H groups in total. The number of aliphatic imine (C=N–C) groups is 1. The van der Waals surface area contributed by atoms with Gasteiger partial charge in [-0.2, -0.15) is 0 Å². The van der Waals surface area contributed by atoms with E-state index in [2.05, 4.69) is 49.7 Å². The molecule has 0 atom stereocenters. The number of nitrogens with zero attached hydrogens (tertiary/aromatic N) is 5. The summed E-state index contributed by atoms with van der Waals surface area (Å²) >= 11 is 0. The van der Waals surface area contributed by atoms with E-state index in [1.165, 1.54) is 0 Å². The highest BCUT2D eigenvalue weighted by Crippen LogP contribution is 2.25. The van der Waals surface area contributed by atoms with Crippen LogP contribution >= 0.6 is 0 Å². The molecule has 5 heterocycles. The second-order valence-electron chi connectivity index (χ2n) is 9.17. The van der Waals surface area contributed by atoms with Crippen LogP contribution in [0.25, 0.3) is 16.9 Å². The molecule has 1 saturated heterocycles. The first-order valence-electron chi connectivity index (χ1n) is 12.3. The third kappa shape index (κ3) is 4.70. The summed E-state index contributed by atoms with van der Waals surface area (Å²) in [6.45, 7) is 3.83. The minimum absolute atomic E-state index is 0.197. The highest BCUT2D eigenvalue weighted by atomic mass is 16.5. The van der Waals surface area contributed by atoms with Crippen molar-refractivity contribution in [3.8, 4) is 11.3 Å². The minimum Gasteiger partial charge on any atom is -0.378 e. The normalized spacial score (nSPS) is 15.7. The van der Waals surface area contributed by atoms with Crippen LogP contribution in [0.1, 0.15) is 17.5 Å². The van der Waals surface area contributed by atoms with Crippen molar-refractivity contribution in [1.29, 1.82) is 0 Å². The second kappa shape index (κ2) is 9.87. The molecule has 1 aromatic carbocycles. The first kappa shape index (κ1) is 22.4. The zero-order valence-corrected chi connectivity index (χ0v) is 20.0. The number of hydrogen-bond donors (Lipinski definition) is 0. The Balaban J connectivity index is 1.12. The quantitative estimate of drug-likeness (QED) is 0.400. The highest BCUT2D eigenvalue weighted by Gasteiger charge is 2.16. The van der Waals surface area contributed by atoms with Crippen molar-refractivity contribution in [3.05, 3.63) is 96.0 Å². The van der Waals surface area contributed by atoms with E-state index in [4.69, 9.17) is 9.72 Å². The first-order valence-corrected chi connectivity index (χ1v) is 12.3. The summed E-state index contributed by atoms with van der Waals surface area (Å²) in [5.41, 5.74) is 6.91. The number of pyridine rings is 2. The Hall–Kier alpha value is -4.10. The zero-order chi connectivity index (χ0) is 24.3. The van der Waals surface area contributed by atoms with Gasteiger partial charge in [-0.25, -0.2) is 4.98 Å². The van der Waals surface area contributed by atoms with Gasteiger partial charge in [0, 0.05) is 55.6 Å². The number of Topliss-reactive ketones (excluding diaryl/α,β-unsaturated/α-hetero) is 1. The molecule has 0 amide bonds. The molecular weight excluding hydrogens is 450 g/mol. The molecule has 1 fully saturated rings. The van der Waals surface area contributed by atoms with Gasteiger partial charge in [0.05, 0.1) is 31.2 Å². The van der Waals surface area contributed by atoms with E-state index >= 15 is 0 Å². The lowest BCUT2D eigenvalue weighted by atomic mass is 10.0. The molecule has 0 unspecified atom stereocenters. The number of fused-ring (bicyclic) bond motifs is 1. The number of carbonyl (C=O) groups excluding carboxylic acids is 1. The summed E-state index contributed by atoms with van der Waals surface area (Å²) in [6.07, 6.45) is 8.48. The van der Waals surface area contributed by atoms with Gasteiger partial charge in [0.1, 0.15) is 17.2 Å². The van der Waals surface area contributed by atoms with Gasteiger partial charge in [-0.3, -0.25) is 19.2 Å². The fourth-order valence-corrected chi connectivity index (χ4v) is 4.80. The molecule has 2 aliphatic rings. The van der Waals surface area contributed by atoms with E-state index in [1.54, 1.807) is 12.4 Å². The van der Waals surface area contributed by atoms with Crippen molar-refractivity contribution in [2.24, 2.45) is 4.99 Å². The fourth-order valence-electron chi connectivity index (χ4n) is 4.80. The summed E-state index contributed by atoms with van der Waals surface area (Å²) in [4.78, 5) is 28.5. The van der Waals surface area contributed by atoms with Gasteiger partial charge < -0.3 is 9.64 Å². The predicted molar refractivity (Wildman–Crippen MR) is 141 cm³/mol. The van der Waals surface area contributed by atoms with Crippen LogP contribution < -0.4 is 4.90 Å². The lowest BCUT2D eigenvalue weighted by Gasteiger charge is -2.29. The number of carbonyl (C=O) groups is 1. The van der Waals surface area contributed by atoms with Crippen molar-refractivity contribution in [2.45, 2.75) is 12.8 Å². The maximum absolute atomic E-state index is 12.7. The van der Waals surface area contributed by atoms with Crippen molar-refractivity contribution < 1.29 is 9.53 Å². The number of hydrogen-bond acceptors (Lipinski definition) is 6. The number of anilines is 1. The summed E-state index contributed by atoms with van der Waals surface area (Å²) in [6, 6.07) is 18.3. The van der Waals surface area contributed by atoms with Gasteiger partial charge >= 0.3 is 0 Å². The van der Waals surface area contributed by atoms with Crippen molar-refractivity contribution in [3.63, 3.8) is 0 Å². The van der Waals surface area contributed by atoms with Crippen LogP contribution in [0.4, 0.5) is 5.82 Å². The molecule has 7 nitrogen and oxygen atoms in total. The van der Waals surface area contributed by atoms with E-state index in [-0.39, 0.29) is 5.78 Å². The number of ketones is 1. The Morgan fingerprint density at radius 2 is 1.72 bits per heavy atom. The van der Waals surface area contributed by atoms with E-state index in [9.17, 15) is 4.79 Å². The highest BCUT2D eigenvalue weighted by molar-refractivity contribution is 6.10. The third-order valence-corrected chi connectivity index (χ3v) is 6.65. The summed E-state index contributed by atoms with van der Waals surface area (Å²) in [7, 11) is 0. The smallest absolute Gasteiger partial charge is 0.141 e. The van der Waals surface area contributed by atoms with Crippen LogP contribution in [0.15, 0.2) is 89.8 Å². The first-order chi connectivity index (χ1) is 17.7. The Kier molecular flexibility index (Phi) is 6.13. The lowest BCUT2D eigenvalue weighted by molar-refractivity contribution is -0.117. The average Bonchev–Trinajstić information content (AvgIpc) is 3.57. The predicted octanol–water partition coefficient (Wildman–Crippen LogP) is 4.16. The molecule has 0 radical (unpaired) electrons. The molecule has 6 rings (SSSR count). The van der Waals surface area contributed by atoms with Crippen LogP contribution in [0.2, 0.25) is 0 Å². The Morgan fingerprint density at radius 3 is 2.53 bits per heavy atom.